The summed E-state index contributed by atoms with van der Waals surface area (Å²) < 4.78 is 0. The molecule has 1 saturated carbocycles. The lowest BCUT2D eigenvalue weighted by molar-refractivity contribution is 0.377. The van der Waals surface area contributed by atoms with Crippen molar-refractivity contribution in [3.8, 4) is 6.07 Å². The van der Waals surface area contributed by atoms with Gasteiger partial charge in [0.1, 0.15) is 22.4 Å². The van der Waals surface area contributed by atoms with Gasteiger partial charge in [0, 0.05) is 5.92 Å². The Balaban J connectivity index is 2.23. The SMILES string of the molecule is N#CC(C(=S)Nc1cccc(Cl)c1Cl)=C(O)C1CC1. The average Bonchev–Trinajstić information content (AvgIpc) is 3.20. The van der Waals surface area contributed by atoms with Crippen molar-refractivity contribution in [2.24, 2.45) is 5.92 Å². The molecule has 2 N–H and O–H groups in total. The third kappa shape index (κ3) is 3.19. The van der Waals surface area contributed by atoms with Crippen molar-refractivity contribution < 1.29 is 5.11 Å². The number of anilines is 1. The van der Waals surface area contributed by atoms with E-state index in [0.29, 0.717) is 15.7 Å². The van der Waals surface area contributed by atoms with E-state index in [0.717, 1.165) is 12.8 Å². The minimum atomic E-state index is 0.0538. The number of aliphatic hydroxyl groups excluding tert-OH is 1. The third-order valence-corrected chi connectivity index (χ3v) is 3.88. The minimum absolute atomic E-state index is 0.0538. The van der Waals surface area contributed by atoms with E-state index >= 15 is 0 Å². The lowest BCUT2D eigenvalue weighted by atomic mass is 10.2. The summed E-state index contributed by atoms with van der Waals surface area (Å²) in [5, 5.41) is 22.5. The van der Waals surface area contributed by atoms with E-state index in [2.05, 4.69) is 5.32 Å². The number of rotatable bonds is 3. The summed E-state index contributed by atoms with van der Waals surface area (Å²) in [6.45, 7) is 0. The number of allylic oxidation sites excluding steroid dienone is 1. The maximum atomic E-state index is 9.89. The lowest BCUT2D eigenvalue weighted by Gasteiger charge is -2.10. The molecule has 1 aliphatic carbocycles. The fraction of sp³-hybridized carbons (Fsp3) is 0.231. The highest BCUT2D eigenvalue weighted by Gasteiger charge is 2.29. The van der Waals surface area contributed by atoms with Crippen LogP contribution in [0.15, 0.2) is 29.5 Å². The summed E-state index contributed by atoms with van der Waals surface area (Å²) in [6, 6.07) is 7.00. The Morgan fingerprint density at radius 3 is 2.68 bits per heavy atom. The van der Waals surface area contributed by atoms with Gasteiger partial charge in [-0.05, 0) is 25.0 Å². The molecule has 0 radical (unpaired) electrons. The van der Waals surface area contributed by atoms with Crippen LogP contribution in [0.2, 0.25) is 10.0 Å². The predicted octanol–water partition coefficient (Wildman–Crippen LogP) is 4.48. The maximum absolute atomic E-state index is 9.89. The van der Waals surface area contributed by atoms with Gasteiger partial charge in [0.2, 0.25) is 0 Å². The summed E-state index contributed by atoms with van der Waals surface area (Å²) in [5.74, 6) is 0.113. The smallest absolute Gasteiger partial charge is 0.125 e. The second kappa shape index (κ2) is 5.79. The quantitative estimate of drug-likeness (QED) is 0.374. The second-order valence-corrected chi connectivity index (χ2v) is 5.40. The minimum Gasteiger partial charge on any atom is -0.511 e. The molecule has 0 saturated heterocycles. The number of nitrogens with one attached hydrogen (secondary N) is 1. The van der Waals surface area contributed by atoms with Gasteiger partial charge < -0.3 is 10.4 Å². The first-order valence-electron chi connectivity index (χ1n) is 5.63. The van der Waals surface area contributed by atoms with Gasteiger partial charge in [-0.1, -0.05) is 41.5 Å². The first-order valence-corrected chi connectivity index (χ1v) is 6.79. The predicted molar refractivity (Wildman–Crippen MR) is 80.7 cm³/mol. The van der Waals surface area contributed by atoms with Gasteiger partial charge in [-0.25, -0.2) is 0 Å². The van der Waals surface area contributed by atoms with Crippen molar-refractivity contribution >= 4 is 46.1 Å². The van der Waals surface area contributed by atoms with Gasteiger partial charge >= 0.3 is 0 Å². The number of nitriles is 1. The molecule has 0 bridgehead atoms. The Morgan fingerprint density at radius 1 is 1.42 bits per heavy atom. The van der Waals surface area contributed by atoms with Gasteiger partial charge in [-0.2, -0.15) is 5.26 Å². The summed E-state index contributed by atoms with van der Waals surface area (Å²) in [5.41, 5.74) is 0.601. The fourth-order valence-electron chi connectivity index (χ4n) is 1.57. The van der Waals surface area contributed by atoms with Crippen LogP contribution in [0.25, 0.3) is 0 Å². The van der Waals surface area contributed by atoms with Gasteiger partial charge in [-0.3, -0.25) is 0 Å². The number of hydrogen-bond acceptors (Lipinski definition) is 3. The lowest BCUT2D eigenvalue weighted by Crippen LogP contribution is -2.14. The van der Waals surface area contributed by atoms with Crippen LogP contribution in [0.1, 0.15) is 12.8 Å². The van der Waals surface area contributed by atoms with Gasteiger partial charge in [-0.15, -0.1) is 0 Å². The number of halogens is 2. The molecule has 19 heavy (non-hydrogen) atoms. The molecule has 0 amide bonds. The summed E-state index contributed by atoms with van der Waals surface area (Å²) in [6.07, 6.45) is 1.77. The average molecular weight is 313 g/mol. The highest BCUT2D eigenvalue weighted by Crippen LogP contribution is 2.37. The van der Waals surface area contributed by atoms with Crippen LogP contribution in [0.4, 0.5) is 5.69 Å². The van der Waals surface area contributed by atoms with Crippen molar-refractivity contribution in [2.45, 2.75) is 12.8 Å². The zero-order valence-corrected chi connectivity index (χ0v) is 12.1. The van der Waals surface area contributed by atoms with E-state index in [4.69, 9.17) is 40.7 Å². The standard InChI is InChI=1S/C13H10Cl2N2OS/c14-9-2-1-3-10(11(9)15)17-13(19)8(6-16)12(18)7-4-5-7/h1-3,7,18H,4-5H2,(H,17,19). The molecule has 6 heteroatoms. The van der Waals surface area contributed by atoms with Crippen molar-refractivity contribution in [2.75, 3.05) is 5.32 Å². The number of benzene rings is 1. The molecule has 98 valence electrons. The molecule has 0 unspecified atom stereocenters. The molecule has 0 atom stereocenters. The Labute approximate surface area is 126 Å². The molecule has 2 rings (SSSR count). The molecule has 0 heterocycles. The number of hydrogen-bond donors (Lipinski definition) is 2. The zero-order chi connectivity index (χ0) is 14.0. The van der Waals surface area contributed by atoms with Crippen molar-refractivity contribution in [1.82, 2.24) is 0 Å². The second-order valence-electron chi connectivity index (χ2n) is 4.20. The summed E-state index contributed by atoms with van der Waals surface area (Å²) >= 11 is 17.0. The first kappa shape index (κ1) is 14.1. The van der Waals surface area contributed by atoms with Gasteiger partial charge in [0.15, 0.2) is 0 Å². The molecule has 1 aliphatic rings. The highest BCUT2D eigenvalue weighted by molar-refractivity contribution is 7.81. The highest BCUT2D eigenvalue weighted by atomic mass is 35.5. The molecule has 1 aromatic carbocycles. The van der Waals surface area contributed by atoms with E-state index in [1.807, 2.05) is 6.07 Å². The van der Waals surface area contributed by atoms with Gasteiger partial charge in [0.05, 0.1) is 15.7 Å². The maximum Gasteiger partial charge on any atom is 0.125 e. The fourth-order valence-corrected chi connectivity index (χ4v) is 2.18. The molecule has 1 fully saturated rings. The monoisotopic (exact) mass is 312 g/mol. The van der Waals surface area contributed by atoms with E-state index < -0.39 is 0 Å². The molecule has 0 aromatic heterocycles. The van der Waals surface area contributed by atoms with Crippen LogP contribution in [-0.4, -0.2) is 10.1 Å². The third-order valence-electron chi connectivity index (χ3n) is 2.76. The van der Waals surface area contributed by atoms with Crippen LogP contribution in [-0.2, 0) is 0 Å². The topological polar surface area (TPSA) is 56.0 Å². The number of nitrogens with zero attached hydrogens (tertiary/aromatic N) is 1. The van der Waals surface area contributed by atoms with Crippen LogP contribution >= 0.6 is 35.4 Å². The van der Waals surface area contributed by atoms with Crippen molar-refractivity contribution in [3.63, 3.8) is 0 Å². The van der Waals surface area contributed by atoms with Crippen LogP contribution in [0.3, 0.4) is 0 Å². The largest absolute Gasteiger partial charge is 0.511 e. The summed E-state index contributed by atoms with van der Waals surface area (Å²) in [4.78, 5) is 0.149. The van der Waals surface area contributed by atoms with Crippen molar-refractivity contribution in [3.05, 3.63) is 39.6 Å². The Bertz CT molecular complexity index is 603. The molecule has 1 aromatic rings. The molecular weight excluding hydrogens is 303 g/mol. The Hall–Kier alpha value is -1.28. The van der Waals surface area contributed by atoms with E-state index in [9.17, 15) is 5.11 Å². The van der Waals surface area contributed by atoms with E-state index in [1.165, 1.54) is 0 Å². The van der Waals surface area contributed by atoms with Crippen LogP contribution < -0.4 is 5.32 Å². The van der Waals surface area contributed by atoms with E-state index in [-0.39, 0.29) is 22.2 Å². The zero-order valence-electron chi connectivity index (χ0n) is 9.78. The normalized spacial score (nSPS) is 15.4. The Kier molecular flexibility index (Phi) is 4.31. The van der Waals surface area contributed by atoms with Gasteiger partial charge in [0.25, 0.3) is 0 Å². The number of thiocarbonyl (C=S) groups is 1. The number of aliphatic hydroxyl groups is 1. The first-order chi connectivity index (χ1) is 9.04. The van der Waals surface area contributed by atoms with Crippen LogP contribution in [0.5, 0.6) is 0 Å². The Morgan fingerprint density at radius 2 is 2.11 bits per heavy atom. The molecule has 0 aliphatic heterocycles. The van der Waals surface area contributed by atoms with Crippen LogP contribution in [0, 0.1) is 17.2 Å². The molecule has 0 spiro atoms. The van der Waals surface area contributed by atoms with Crippen molar-refractivity contribution in [1.29, 1.82) is 5.26 Å². The summed E-state index contributed by atoms with van der Waals surface area (Å²) in [7, 11) is 0. The molecular formula is C13H10Cl2N2OS. The van der Waals surface area contributed by atoms with E-state index in [1.54, 1.807) is 18.2 Å². The molecule has 3 nitrogen and oxygen atoms in total.